The number of phenolic OH excluding ortho intramolecular Hbond substituents is 1. The van der Waals surface area contributed by atoms with E-state index in [9.17, 15) is 9.90 Å². The number of aromatic amines is 1. The lowest BCUT2D eigenvalue weighted by Crippen LogP contribution is -2.34. The molecule has 0 aliphatic carbocycles. The van der Waals surface area contributed by atoms with E-state index in [1.165, 1.54) is 18.0 Å². The number of nitrogens with one attached hydrogen (secondary N) is 2. The number of carbonyl (C=O) groups is 1. The first kappa shape index (κ1) is 22.4. The molecule has 0 aliphatic heterocycles. The highest BCUT2D eigenvalue weighted by molar-refractivity contribution is 7.99. The molecule has 1 heterocycles. The number of carbonyl (C=O) groups excluding carboxylic acids is 1. The third-order valence-corrected chi connectivity index (χ3v) is 6.34. The Hall–Kier alpha value is -4.43. The van der Waals surface area contributed by atoms with Crippen molar-refractivity contribution >= 4 is 34.7 Å². The predicted molar refractivity (Wildman–Crippen MR) is 138 cm³/mol. The average Bonchev–Trinajstić information content (AvgIpc) is 3.34. The van der Waals surface area contributed by atoms with Crippen molar-refractivity contribution in [2.45, 2.75) is 5.16 Å². The predicted octanol–water partition coefficient (Wildman–Crippen LogP) is 4.45. The van der Waals surface area contributed by atoms with Crippen molar-refractivity contribution in [1.82, 2.24) is 15.6 Å². The fourth-order valence-electron chi connectivity index (χ4n) is 3.75. The summed E-state index contributed by atoms with van der Waals surface area (Å²) >= 11 is 1.30. The van der Waals surface area contributed by atoms with Crippen LogP contribution in [-0.2, 0) is 4.79 Å². The monoisotopic (exact) mass is 480 g/mol. The topological polar surface area (TPSA) is 94.3 Å². The Labute approximate surface area is 206 Å². The first-order valence-electron chi connectivity index (χ1n) is 11.0. The first-order valence-corrected chi connectivity index (χ1v) is 12.0. The van der Waals surface area contributed by atoms with Gasteiger partial charge in [0.2, 0.25) is 0 Å². The molecule has 7 nitrogen and oxygen atoms in total. The zero-order valence-electron chi connectivity index (χ0n) is 18.6. The number of amides is 1. The molecule has 1 aromatic heterocycles. The van der Waals surface area contributed by atoms with E-state index in [0.29, 0.717) is 10.7 Å². The quantitative estimate of drug-likeness (QED) is 0.139. The summed E-state index contributed by atoms with van der Waals surface area (Å²) in [5.74, 6) is 0.758. The summed E-state index contributed by atoms with van der Waals surface area (Å²) < 4.78 is 1.99. The molecule has 0 atom stereocenters. The molecule has 0 saturated carbocycles. The Morgan fingerprint density at radius 1 is 0.971 bits per heavy atom. The largest absolute Gasteiger partial charge is 0.507 e. The molecular weight excluding hydrogens is 458 g/mol. The maximum Gasteiger partial charge on any atom is 0.342 e. The lowest BCUT2D eigenvalue weighted by atomic mass is 10.0. The number of benzene rings is 4. The third kappa shape index (κ3) is 4.92. The molecule has 3 N–H and O–H groups in total. The molecule has 5 aromatic rings. The lowest BCUT2D eigenvalue weighted by molar-refractivity contribution is -0.625. The summed E-state index contributed by atoms with van der Waals surface area (Å²) in [6.07, 6.45) is 1.46. The summed E-state index contributed by atoms with van der Waals surface area (Å²) in [5, 5.41) is 24.4. The van der Waals surface area contributed by atoms with E-state index in [0.717, 1.165) is 27.8 Å². The van der Waals surface area contributed by atoms with E-state index in [1.807, 2.05) is 95.6 Å². The van der Waals surface area contributed by atoms with E-state index in [-0.39, 0.29) is 17.4 Å². The van der Waals surface area contributed by atoms with Crippen LogP contribution >= 0.6 is 11.8 Å². The molecule has 0 radical (unpaired) electrons. The summed E-state index contributed by atoms with van der Waals surface area (Å²) in [7, 11) is 0. The van der Waals surface area contributed by atoms with Crippen LogP contribution in [0.4, 0.5) is 0 Å². The fraction of sp³-hybridized carbons (Fsp3) is 0.0370. The summed E-state index contributed by atoms with van der Waals surface area (Å²) in [6, 6.07) is 30.9. The Bertz CT molecular complexity index is 1500. The van der Waals surface area contributed by atoms with Crippen LogP contribution in [0.1, 0.15) is 5.56 Å². The van der Waals surface area contributed by atoms with Crippen LogP contribution in [0.15, 0.2) is 107 Å². The number of hydrogen-bond donors (Lipinski definition) is 3. The van der Waals surface area contributed by atoms with Gasteiger partial charge in [0, 0.05) is 5.56 Å². The van der Waals surface area contributed by atoms with Gasteiger partial charge in [-0.1, -0.05) is 66.7 Å². The zero-order valence-corrected chi connectivity index (χ0v) is 19.4. The Morgan fingerprint density at radius 3 is 2.49 bits per heavy atom. The molecule has 1 amide bonds. The van der Waals surface area contributed by atoms with Gasteiger partial charge in [-0.05, 0) is 52.9 Å². The highest BCUT2D eigenvalue weighted by Crippen LogP contribution is 2.25. The second-order valence-electron chi connectivity index (χ2n) is 7.69. The van der Waals surface area contributed by atoms with Crippen LogP contribution in [0, 0.1) is 0 Å². The van der Waals surface area contributed by atoms with E-state index in [1.54, 1.807) is 6.07 Å². The molecule has 0 saturated heterocycles. The average molecular weight is 481 g/mol. The van der Waals surface area contributed by atoms with Crippen molar-refractivity contribution in [3.63, 3.8) is 0 Å². The number of aromatic nitrogens is 3. The summed E-state index contributed by atoms with van der Waals surface area (Å²) in [6.45, 7) is 0. The number of thioether (sulfide) groups is 1. The van der Waals surface area contributed by atoms with Gasteiger partial charge in [0.25, 0.3) is 11.7 Å². The standard InChI is InChI=1S/C27H21N5O2S/c33-24-16-15-19-9-7-8-14-22(19)23(24)17-28-29-25(34)18-35-27-31-30-26(20-10-3-1-4-11-20)32(27)21-12-5-2-6-13-21/h1-17H,18H2,(H2,28,29,33,34)/p+1. The van der Waals surface area contributed by atoms with Gasteiger partial charge in [0.15, 0.2) is 0 Å². The van der Waals surface area contributed by atoms with Crippen molar-refractivity contribution in [3.05, 3.63) is 103 Å². The van der Waals surface area contributed by atoms with Gasteiger partial charge < -0.3 is 5.11 Å². The zero-order chi connectivity index (χ0) is 24.0. The molecule has 8 heteroatoms. The van der Waals surface area contributed by atoms with Crippen LogP contribution < -0.4 is 9.99 Å². The Kier molecular flexibility index (Phi) is 6.54. The van der Waals surface area contributed by atoms with Crippen molar-refractivity contribution in [2.24, 2.45) is 5.10 Å². The Morgan fingerprint density at radius 2 is 1.69 bits per heavy atom. The second-order valence-corrected chi connectivity index (χ2v) is 8.64. The maximum absolute atomic E-state index is 12.5. The smallest absolute Gasteiger partial charge is 0.342 e. The normalized spacial score (nSPS) is 11.2. The van der Waals surface area contributed by atoms with Gasteiger partial charge in [0.1, 0.15) is 11.4 Å². The molecule has 5 rings (SSSR count). The molecule has 0 aliphatic rings. The number of fused-ring (bicyclic) bond motifs is 1. The summed E-state index contributed by atoms with van der Waals surface area (Å²) in [4.78, 5) is 12.5. The maximum atomic E-state index is 12.5. The lowest BCUT2D eigenvalue weighted by Gasteiger charge is -2.05. The number of nitrogens with zero attached hydrogens (tertiary/aromatic N) is 3. The van der Waals surface area contributed by atoms with Gasteiger partial charge >= 0.3 is 5.16 Å². The minimum Gasteiger partial charge on any atom is -0.507 e. The number of rotatable bonds is 7. The first-order chi connectivity index (χ1) is 17.2. The molecule has 0 bridgehead atoms. The van der Waals surface area contributed by atoms with Crippen molar-refractivity contribution in [2.75, 3.05) is 5.75 Å². The number of para-hydroxylation sites is 1. The van der Waals surface area contributed by atoms with Crippen LogP contribution in [0.3, 0.4) is 0 Å². The van der Waals surface area contributed by atoms with Gasteiger partial charge in [-0.2, -0.15) is 9.67 Å². The molecule has 0 unspecified atom stereocenters. The van der Waals surface area contributed by atoms with Crippen LogP contribution in [0.5, 0.6) is 5.75 Å². The Balaban J connectivity index is 1.32. The van der Waals surface area contributed by atoms with E-state index in [2.05, 4.69) is 20.7 Å². The van der Waals surface area contributed by atoms with E-state index < -0.39 is 0 Å². The molecule has 172 valence electrons. The highest BCUT2D eigenvalue weighted by Gasteiger charge is 2.24. The van der Waals surface area contributed by atoms with Gasteiger partial charge in [-0.3, -0.25) is 4.79 Å². The van der Waals surface area contributed by atoms with Gasteiger partial charge in [-0.15, -0.1) is 5.10 Å². The second kappa shape index (κ2) is 10.2. The SMILES string of the molecule is O=C(CSc1n[nH]c(-c2ccccc2)[n+]1-c1ccccc1)NN=Cc1c(O)ccc2ccccc12. The van der Waals surface area contributed by atoms with Crippen LogP contribution in [0.25, 0.3) is 27.8 Å². The number of hydrazone groups is 1. The van der Waals surface area contributed by atoms with Crippen molar-refractivity contribution < 1.29 is 14.5 Å². The highest BCUT2D eigenvalue weighted by atomic mass is 32.2. The molecule has 35 heavy (non-hydrogen) atoms. The van der Waals surface area contributed by atoms with E-state index in [4.69, 9.17) is 0 Å². The van der Waals surface area contributed by atoms with E-state index >= 15 is 0 Å². The number of aromatic hydroxyl groups is 1. The van der Waals surface area contributed by atoms with Crippen molar-refractivity contribution in [3.8, 4) is 22.8 Å². The fourth-order valence-corrected chi connectivity index (χ4v) is 4.51. The number of hydrogen-bond acceptors (Lipinski definition) is 5. The minimum absolute atomic E-state index is 0.102. The minimum atomic E-state index is -0.283. The number of H-pyrrole nitrogens is 1. The molecule has 4 aromatic carbocycles. The summed E-state index contributed by atoms with van der Waals surface area (Å²) in [5.41, 5.74) is 5.02. The molecule has 0 fully saturated rings. The molecular formula is C27H22N5O2S+. The van der Waals surface area contributed by atoms with Gasteiger partial charge in [-0.25, -0.2) is 5.43 Å². The third-order valence-electron chi connectivity index (χ3n) is 5.40. The molecule has 0 spiro atoms. The van der Waals surface area contributed by atoms with Crippen LogP contribution in [-0.4, -0.2) is 33.2 Å². The van der Waals surface area contributed by atoms with Crippen LogP contribution in [0.2, 0.25) is 0 Å². The number of phenols is 1. The van der Waals surface area contributed by atoms with Crippen molar-refractivity contribution in [1.29, 1.82) is 0 Å². The van der Waals surface area contributed by atoms with Gasteiger partial charge in [0.05, 0.1) is 22.6 Å².